The Morgan fingerprint density at radius 1 is 1.22 bits per heavy atom. The van der Waals surface area contributed by atoms with E-state index in [9.17, 15) is 14.4 Å². The largest absolute Gasteiger partial charge is 0.457 e. The van der Waals surface area contributed by atoms with Crippen LogP contribution in [0, 0.1) is 20.8 Å². The number of nitrogens with zero attached hydrogens (tertiary/aromatic N) is 4. The fourth-order valence-corrected chi connectivity index (χ4v) is 4.78. The zero-order chi connectivity index (χ0) is 22.8. The lowest BCUT2D eigenvalue weighted by Crippen LogP contribution is -2.20. The molecule has 0 aromatic carbocycles. The van der Waals surface area contributed by atoms with E-state index in [1.807, 2.05) is 42.2 Å². The van der Waals surface area contributed by atoms with E-state index in [1.54, 1.807) is 12.1 Å². The van der Waals surface area contributed by atoms with Crippen LogP contribution in [-0.2, 0) is 16.1 Å². The van der Waals surface area contributed by atoms with Gasteiger partial charge in [0.1, 0.15) is 0 Å². The third kappa shape index (κ3) is 4.48. The molecule has 0 amide bonds. The van der Waals surface area contributed by atoms with Crippen molar-refractivity contribution in [1.29, 1.82) is 0 Å². The van der Waals surface area contributed by atoms with E-state index in [-0.39, 0.29) is 31.2 Å². The van der Waals surface area contributed by atoms with E-state index in [0.29, 0.717) is 5.56 Å². The van der Waals surface area contributed by atoms with Gasteiger partial charge < -0.3 is 9.15 Å². The molecule has 4 aromatic heterocycles. The molecule has 0 aliphatic rings. The summed E-state index contributed by atoms with van der Waals surface area (Å²) >= 11 is 2.89. The molecule has 0 saturated carbocycles. The number of carbonyl (C=O) groups excluding carboxylic acids is 2. The van der Waals surface area contributed by atoms with Gasteiger partial charge in [-0.2, -0.15) is 4.68 Å². The molecule has 0 spiro atoms. The first-order chi connectivity index (χ1) is 15.3. The van der Waals surface area contributed by atoms with Gasteiger partial charge >= 0.3 is 11.7 Å². The molecule has 0 bridgehead atoms. The smallest absolute Gasteiger partial charge is 0.437 e. The highest BCUT2D eigenvalue weighted by atomic mass is 32.1. The van der Waals surface area contributed by atoms with Crippen molar-refractivity contribution in [2.45, 2.75) is 33.7 Å². The van der Waals surface area contributed by atoms with Gasteiger partial charge in [0, 0.05) is 22.3 Å². The number of ketones is 1. The van der Waals surface area contributed by atoms with E-state index < -0.39 is 11.7 Å². The van der Waals surface area contributed by atoms with Crippen molar-refractivity contribution < 1.29 is 18.7 Å². The lowest BCUT2D eigenvalue weighted by Gasteiger charge is -2.06. The molecule has 4 rings (SSSR count). The van der Waals surface area contributed by atoms with Gasteiger partial charge in [0.15, 0.2) is 11.7 Å². The molecule has 0 fully saturated rings. The quantitative estimate of drug-likeness (QED) is 0.285. The molecule has 32 heavy (non-hydrogen) atoms. The summed E-state index contributed by atoms with van der Waals surface area (Å²) < 4.78 is 13.2. The van der Waals surface area contributed by atoms with Gasteiger partial charge in [-0.05, 0) is 38.3 Å². The Bertz CT molecular complexity index is 1330. The van der Waals surface area contributed by atoms with Crippen LogP contribution in [0.15, 0.2) is 38.2 Å². The maximum atomic E-state index is 12.6. The van der Waals surface area contributed by atoms with Crippen molar-refractivity contribution in [3.63, 3.8) is 0 Å². The number of thiophene rings is 1. The minimum absolute atomic E-state index is 0.00135. The normalized spacial score (nSPS) is 11.1. The fraction of sp³-hybridized carbons (Fsp3) is 0.286. The molecule has 0 radical (unpaired) electrons. The van der Waals surface area contributed by atoms with E-state index >= 15 is 0 Å². The molecule has 4 heterocycles. The van der Waals surface area contributed by atoms with Gasteiger partial charge in [0.2, 0.25) is 5.78 Å². The number of rotatable bonds is 8. The second kappa shape index (κ2) is 9.05. The summed E-state index contributed by atoms with van der Waals surface area (Å²) in [6.07, 6.45) is -0.110. The summed E-state index contributed by atoms with van der Waals surface area (Å²) in [7, 11) is 0. The third-order valence-electron chi connectivity index (χ3n) is 4.76. The minimum Gasteiger partial charge on any atom is -0.457 e. The Morgan fingerprint density at radius 3 is 2.72 bits per heavy atom. The van der Waals surface area contributed by atoms with Crippen molar-refractivity contribution >= 4 is 34.4 Å². The molecular formula is C21H20N4O5S2. The monoisotopic (exact) mass is 472 g/mol. The van der Waals surface area contributed by atoms with Crippen LogP contribution in [0.4, 0.5) is 0 Å². The van der Waals surface area contributed by atoms with Crippen LogP contribution in [0.3, 0.4) is 0 Å². The number of aryl methyl sites for hydroxylation is 3. The average Bonchev–Trinajstić information content (AvgIpc) is 3.53. The van der Waals surface area contributed by atoms with E-state index in [1.165, 1.54) is 22.7 Å². The van der Waals surface area contributed by atoms with Crippen molar-refractivity contribution in [1.82, 2.24) is 19.3 Å². The highest BCUT2D eigenvalue weighted by Crippen LogP contribution is 2.24. The lowest BCUT2D eigenvalue weighted by molar-refractivity contribution is -0.142. The van der Waals surface area contributed by atoms with Gasteiger partial charge in [-0.25, -0.2) is 9.78 Å². The predicted octanol–water partition coefficient (Wildman–Crippen LogP) is 3.55. The first-order valence-corrected chi connectivity index (χ1v) is 11.5. The van der Waals surface area contributed by atoms with Crippen LogP contribution in [0.25, 0.3) is 15.9 Å². The molecule has 166 valence electrons. The number of hydrogen-bond acceptors (Lipinski definition) is 9. The number of Topliss-reactive ketones (excluding diaryl/α,β-unsaturated/α-hetero) is 1. The van der Waals surface area contributed by atoms with Crippen LogP contribution >= 0.6 is 22.7 Å². The maximum absolute atomic E-state index is 12.6. The minimum atomic E-state index is -0.651. The van der Waals surface area contributed by atoms with Gasteiger partial charge in [-0.15, -0.1) is 27.8 Å². The summed E-state index contributed by atoms with van der Waals surface area (Å²) in [4.78, 5) is 41.9. The number of carbonyl (C=O) groups is 2. The predicted molar refractivity (Wildman–Crippen MR) is 120 cm³/mol. The summed E-state index contributed by atoms with van der Waals surface area (Å²) in [5.41, 5.74) is 3.01. The molecule has 0 atom stereocenters. The van der Waals surface area contributed by atoms with Gasteiger partial charge in [-0.1, -0.05) is 6.07 Å². The molecule has 0 aliphatic heterocycles. The highest BCUT2D eigenvalue weighted by Gasteiger charge is 2.20. The lowest BCUT2D eigenvalue weighted by atomic mass is 10.1. The van der Waals surface area contributed by atoms with Crippen molar-refractivity contribution in [3.05, 3.63) is 62.2 Å². The van der Waals surface area contributed by atoms with Crippen molar-refractivity contribution in [2.75, 3.05) is 6.61 Å². The van der Waals surface area contributed by atoms with Crippen LogP contribution in [0.1, 0.15) is 33.9 Å². The topological polar surface area (TPSA) is 109 Å². The third-order valence-corrected chi connectivity index (χ3v) is 6.56. The van der Waals surface area contributed by atoms with E-state index in [4.69, 9.17) is 9.15 Å². The molecule has 11 heteroatoms. The summed E-state index contributed by atoms with van der Waals surface area (Å²) in [6.45, 7) is 5.26. The van der Waals surface area contributed by atoms with Gasteiger partial charge in [0.05, 0.1) is 23.5 Å². The highest BCUT2D eigenvalue weighted by molar-refractivity contribution is 7.13. The molecular weight excluding hydrogens is 452 g/mol. The Labute approximate surface area is 190 Å². The number of esters is 1. The second-order valence-electron chi connectivity index (χ2n) is 7.10. The number of thiazole rings is 1. The Kier molecular flexibility index (Phi) is 6.19. The summed E-state index contributed by atoms with van der Waals surface area (Å²) in [5, 5.41) is 8.66. The Hall–Kier alpha value is -3.31. The first kappa shape index (κ1) is 21.9. The second-order valence-corrected chi connectivity index (χ2v) is 8.88. The van der Waals surface area contributed by atoms with Gasteiger partial charge in [0.25, 0.3) is 5.89 Å². The van der Waals surface area contributed by atoms with E-state index in [2.05, 4.69) is 10.1 Å². The van der Waals surface area contributed by atoms with Crippen molar-refractivity contribution in [2.24, 2.45) is 0 Å². The Balaban J connectivity index is 1.35. The van der Waals surface area contributed by atoms with Crippen LogP contribution in [0.5, 0.6) is 0 Å². The number of ether oxygens (including phenoxy) is 1. The molecule has 0 N–H and O–H groups in total. The first-order valence-electron chi connectivity index (χ1n) is 9.75. The number of aromatic nitrogens is 4. The van der Waals surface area contributed by atoms with Gasteiger partial charge in [-0.3, -0.25) is 14.2 Å². The maximum Gasteiger partial charge on any atom is 0.437 e. The van der Waals surface area contributed by atoms with Crippen molar-refractivity contribution in [3.8, 4) is 15.9 Å². The SMILES string of the molecule is Cc1csc(-n2c(C)cc(C(=O)COC(=O)CCn3nc(-c4cccs4)oc3=O)c2C)n1. The van der Waals surface area contributed by atoms with E-state index in [0.717, 1.165) is 31.8 Å². The zero-order valence-electron chi connectivity index (χ0n) is 17.7. The standard InChI is InChI=1S/C21H20N4O5S2/c1-12-11-32-20(22-12)25-13(2)9-15(14(25)3)16(26)10-29-18(27)6-7-24-21(28)30-19(23-24)17-5-4-8-31-17/h4-5,8-9,11H,6-7,10H2,1-3H3. The Morgan fingerprint density at radius 2 is 2.03 bits per heavy atom. The molecule has 0 saturated heterocycles. The molecule has 0 unspecified atom stereocenters. The van der Waals surface area contributed by atoms with Crippen LogP contribution < -0.4 is 5.76 Å². The molecule has 9 nitrogen and oxygen atoms in total. The molecule has 4 aromatic rings. The zero-order valence-corrected chi connectivity index (χ0v) is 19.3. The fourth-order valence-electron chi connectivity index (χ4n) is 3.22. The molecule has 0 aliphatic carbocycles. The average molecular weight is 473 g/mol. The van der Waals surface area contributed by atoms with Crippen LogP contribution in [0.2, 0.25) is 0 Å². The summed E-state index contributed by atoms with van der Waals surface area (Å²) in [6, 6.07) is 5.37. The van der Waals surface area contributed by atoms with Crippen LogP contribution in [-0.4, -0.2) is 37.7 Å². The summed E-state index contributed by atoms with van der Waals surface area (Å²) in [5.74, 6) is -1.35. The number of hydrogen-bond donors (Lipinski definition) is 0.